The Morgan fingerprint density at radius 1 is 1.12 bits per heavy atom. The van der Waals surface area contributed by atoms with Crippen LogP contribution in [0.1, 0.15) is 25.3 Å². The minimum atomic E-state index is -0.869. The van der Waals surface area contributed by atoms with E-state index in [4.69, 9.17) is 21.4 Å². The van der Waals surface area contributed by atoms with Crippen LogP contribution in [0.5, 0.6) is 5.75 Å². The summed E-state index contributed by atoms with van der Waals surface area (Å²) in [6, 6.07) is 11.6. The van der Waals surface area contributed by atoms with Gasteiger partial charge in [0.15, 0.2) is 0 Å². The summed E-state index contributed by atoms with van der Waals surface area (Å²) in [6.07, 6.45) is 1.22. The molecule has 0 aliphatic heterocycles. The minimum Gasteiger partial charge on any atom is -0.491 e. The third kappa shape index (κ3) is 6.29. The first-order valence-corrected chi connectivity index (χ1v) is 8.67. The Balaban J connectivity index is 2.11. The molecule has 0 aliphatic rings. The zero-order chi connectivity index (χ0) is 18.9. The first kappa shape index (κ1) is 19.6. The number of carbonyl (C=O) groups is 2. The normalized spacial score (nSPS) is 10.2. The molecule has 0 unspecified atom stereocenters. The molecule has 0 spiro atoms. The van der Waals surface area contributed by atoms with Crippen molar-refractivity contribution in [1.82, 2.24) is 0 Å². The average molecular weight is 377 g/mol. The maximum absolute atomic E-state index is 12.3. The lowest BCUT2D eigenvalue weighted by Gasteiger charge is -2.14. The molecule has 0 fully saturated rings. The number of aliphatic carboxylic acids is 1. The molecule has 2 aromatic carbocycles. The van der Waals surface area contributed by atoms with Crippen molar-refractivity contribution >= 4 is 35.0 Å². The molecule has 3 N–H and O–H groups in total. The third-order valence-electron chi connectivity index (χ3n) is 3.48. The van der Waals surface area contributed by atoms with E-state index in [1.807, 2.05) is 6.92 Å². The molecule has 7 heteroatoms. The predicted octanol–water partition coefficient (Wildman–Crippen LogP) is 4.79. The van der Waals surface area contributed by atoms with Crippen molar-refractivity contribution in [3.8, 4) is 5.75 Å². The number of halogens is 1. The van der Waals surface area contributed by atoms with Crippen LogP contribution in [0, 0.1) is 0 Å². The molecule has 6 nitrogen and oxygen atoms in total. The molecule has 26 heavy (non-hydrogen) atoms. The summed E-state index contributed by atoms with van der Waals surface area (Å²) in [6.45, 7) is 2.50. The molecule has 138 valence electrons. The molecule has 0 radical (unpaired) electrons. The quantitative estimate of drug-likeness (QED) is 0.618. The van der Waals surface area contributed by atoms with E-state index < -0.39 is 12.0 Å². The number of carboxylic acid groups (broad SMARTS) is 1. The van der Waals surface area contributed by atoms with Crippen molar-refractivity contribution in [2.24, 2.45) is 0 Å². The smallest absolute Gasteiger partial charge is 0.323 e. The predicted molar refractivity (Wildman–Crippen MR) is 102 cm³/mol. The fraction of sp³-hybridized carbons (Fsp3) is 0.263. The second-order valence-corrected chi connectivity index (χ2v) is 6.10. The lowest BCUT2D eigenvalue weighted by Crippen LogP contribution is -2.20. The third-order valence-corrected chi connectivity index (χ3v) is 3.74. The Hall–Kier alpha value is -2.73. The second-order valence-electron chi connectivity index (χ2n) is 5.66. The summed E-state index contributed by atoms with van der Waals surface area (Å²) in [7, 11) is 0. The fourth-order valence-corrected chi connectivity index (χ4v) is 2.36. The molecule has 0 saturated carbocycles. The fourth-order valence-electron chi connectivity index (χ4n) is 2.24. The van der Waals surface area contributed by atoms with Gasteiger partial charge in [0, 0.05) is 17.1 Å². The van der Waals surface area contributed by atoms with Gasteiger partial charge in [-0.3, -0.25) is 4.79 Å². The Labute approximate surface area is 157 Å². The monoisotopic (exact) mass is 376 g/mol. The van der Waals surface area contributed by atoms with Crippen LogP contribution >= 0.6 is 11.6 Å². The largest absolute Gasteiger partial charge is 0.491 e. The van der Waals surface area contributed by atoms with E-state index in [2.05, 4.69) is 10.6 Å². The summed E-state index contributed by atoms with van der Waals surface area (Å²) in [5.41, 5.74) is 1.90. The molecule has 0 aliphatic carbocycles. The number of amides is 2. The Bertz CT molecular complexity index is 763. The number of carbonyl (C=O) groups excluding carboxylic acids is 1. The van der Waals surface area contributed by atoms with E-state index in [9.17, 15) is 9.59 Å². The molecular formula is C19H21ClN2O4. The van der Waals surface area contributed by atoms with Gasteiger partial charge in [-0.1, -0.05) is 24.6 Å². The van der Waals surface area contributed by atoms with Crippen molar-refractivity contribution in [2.75, 3.05) is 17.2 Å². The van der Waals surface area contributed by atoms with Crippen LogP contribution in [0.2, 0.25) is 5.02 Å². The summed E-state index contributed by atoms with van der Waals surface area (Å²) < 4.78 is 5.66. The van der Waals surface area contributed by atoms with Gasteiger partial charge in [0.25, 0.3) is 0 Å². The van der Waals surface area contributed by atoms with E-state index in [0.717, 1.165) is 12.0 Å². The molecule has 0 aromatic heterocycles. The Morgan fingerprint density at radius 2 is 1.85 bits per heavy atom. The van der Waals surface area contributed by atoms with Crippen molar-refractivity contribution in [1.29, 1.82) is 0 Å². The van der Waals surface area contributed by atoms with E-state index >= 15 is 0 Å². The Kier molecular flexibility index (Phi) is 7.29. The lowest BCUT2D eigenvalue weighted by atomic mass is 10.1. The molecule has 2 amide bonds. The van der Waals surface area contributed by atoms with E-state index in [1.165, 1.54) is 0 Å². The van der Waals surface area contributed by atoms with Crippen LogP contribution in [-0.4, -0.2) is 23.7 Å². The van der Waals surface area contributed by atoms with Gasteiger partial charge < -0.3 is 20.5 Å². The van der Waals surface area contributed by atoms with Crippen LogP contribution in [0.3, 0.4) is 0 Å². The highest BCUT2D eigenvalue weighted by atomic mass is 35.5. The number of aryl methyl sites for hydroxylation is 1. The van der Waals surface area contributed by atoms with Gasteiger partial charge in [0.1, 0.15) is 5.75 Å². The lowest BCUT2D eigenvalue weighted by molar-refractivity contribution is -0.136. The van der Waals surface area contributed by atoms with Crippen LogP contribution in [0.4, 0.5) is 16.2 Å². The maximum atomic E-state index is 12.3. The molecular weight excluding hydrogens is 356 g/mol. The van der Waals surface area contributed by atoms with Crippen molar-refractivity contribution in [3.05, 3.63) is 53.1 Å². The summed E-state index contributed by atoms with van der Waals surface area (Å²) in [5.74, 6) is -0.330. The average Bonchev–Trinajstić information content (AvgIpc) is 2.61. The zero-order valence-corrected chi connectivity index (χ0v) is 15.2. The van der Waals surface area contributed by atoms with Crippen molar-refractivity contribution in [2.45, 2.75) is 26.2 Å². The minimum absolute atomic E-state index is 0.0194. The van der Waals surface area contributed by atoms with E-state index in [-0.39, 0.29) is 6.42 Å². The molecule has 0 heterocycles. The van der Waals surface area contributed by atoms with Gasteiger partial charge in [-0.25, -0.2) is 4.79 Å². The van der Waals surface area contributed by atoms with Crippen LogP contribution in [0.25, 0.3) is 0 Å². The van der Waals surface area contributed by atoms with Crippen LogP contribution in [-0.2, 0) is 11.2 Å². The number of urea groups is 1. The summed E-state index contributed by atoms with van der Waals surface area (Å²) in [4.78, 5) is 23.0. The zero-order valence-electron chi connectivity index (χ0n) is 14.4. The number of carboxylic acids is 1. The molecule has 0 atom stereocenters. The summed E-state index contributed by atoms with van der Waals surface area (Å²) >= 11 is 5.83. The van der Waals surface area contributed by atoms with Gasteiger partial charge in [-0.15, -0.1) is 0 Å². The Morgan fingerprint density at radius 3 is 2.50 bits per heavy atom. The standard InChI is InChI=1S/C19H21ClN2O4/c1-2-11-26-17-9-3-13(4-10-18(23)24)12-16(17)22-19(25)21-15-7-5-14(20)6-8-15/h3,5-9,12H,2,4,10-11H2,1H3,(H,23,24)(H2,21,22,25). The topological polar surface area (TPSA) is 87.7 Å². The second kappa shape index (κ2) is 9.68. The highest BCUT2D eigenvalue weighted by molar-refractivity contribution is 6.30. The number of hydrogen-bond acceptors (Lipinski definition) is 3. The van der Waals surface area contributed by atoms with Crippen LogP contribution < -0.4 is 15.4 Å². The molecule has 0 saturated heterocycles. The number of hydrogen-bond donors (Lipinski definition) is 3. The number of anilines is 2. The highest BCUT2D eigenvalue weighted by Crippen LogP contribution is 2.27. The molecule has 0 bridgehead atoms. The highest BCUT2D eigenvalue weighted by Gasteiger charge is 2.10. The summed E-state index contributed by atoms with van der Waals surface area (Å²) in [5, 5.41) is 14.9. The van der Waals surface area contributed by atoms with E-state index in [1.54, 1.807) is 42.5 Å². The SMILES string of the molecule is CCCOc1ccc(CCC(=O)O)cc1NC(=O)Nc1ccc(Cl)cc1. The molecule has 2 aromatic rings. The molecule has 2 rings (SSSR count). The first-order chi connectivity index (χ1) is 12.5. The van der Waals surface area contributed by atoms with Gasteiger partial charge >= 0.3 is 12.0 Å². The van der Waals surface area contributed by atoms with Gasteiger partial charge in [-0.05, 0) is 54.8 Å². The number of benzene rings is 2. The van der Waals surface area contributed by atoms with Crippen molar-refractivity contribution < 1.29 is 19.4 Å². The first-order valence-electron chi connectivity index (χ1n) is 8.29. The van der Waals surface area contributed by atoms with Gasteiger partial charge in [0.2, 0.25) is 0 Å². The van der Waals surface area contributed by atoms with Crippen LogP contribution in [0.15, 0.2) is 42.5 Å². The number of ether oxygens (including phenoxy) is 1. The number of nitrogens with one attached hydrogen (secondary N) is 2. The van der Waals surface area contributed by atoms with Crippen molar-refractivity contribution in [3.63, 3.8) is 0 Å². The van der Waals surface area contributed by atoms with Gasteiger partial charge in [-0.2, -0.15) is 0 Å². The van der Waals surface area contributed by atoms with E-state index in [0.29, 0.717) is 35.2 Å². The maximum Gasteiger partial charge on any atom is 0.323 e. The van der Waals surface area contributed by atoms with Gasteiger partial charge in [0.05, 0.1) is 12.3 Å². The number of rotatable bonds is 8.